The van der Waals surface area contributed by atoms with Crippen molar-refractivity contribution in [3.05, 3.63) is 77.9 Å². The van der Waals surface area contributed by atoms with Gasteiger partial charge in [0.1, 0.15) is 0 Å². The molecule has 4 aromatic rings. The van der Waals surface area contributed by atoms with Gasteiger partial charge in [-0.05, 0) is 55.5 Å². The summed E-state index contributed by atoms with van der Waals surface area (Å²) < 4.78 is 1.75. The van der Waals surface area contributed by atoms with Gasteiger partial charge in [0.05, 0.1) is 23.0 Å². The Kier molecular flexibility index (Phi) is 4.98. The predicted molar refractivity (Wildman–Crippen MR) is 121 cm³/mol. The van der Waals surface area contributed by atoms with Gasteiger partial charge in [0.15, 0.2) is 0 Å². The number of fused-ring (bicyclic) bond motifs is 1. The molecule has 1 saturated heterocycles. The van der Waals surface area contributed by atoms with Crippen LogP contribution in [0, 0.1) is 6.92 Å². The van der Waals surface area contributed by atoms with E-state index in [1.54, 1.807) is 17.1 Å². The van der Waals surface area contributed by atoms with Crippen LogP contribution < -0.4 is 0 Å². The number of likely N-dealkylation sites (tertiary alicyclic amines) is 1. The number of carbonyl (C=O) groups is 1. The number of benzene rings is 1. The number of aromatic nitrogens is 4. The smallest absolute Gasteiger partial charge is 0.254 e. The van der Waals surface area contributed by atoms with Crippen molar-refractivity contribution in [2.24, 2.45) is 7.05 Å². The third-order valence-electron chi connectivity index (χ3n) is 6.03. The van der Waals surface area contributed by atoms with Gasteiger partial charge in [-0.25, -0.2) is 4.98 Å². The van der Waals surface area contributed by atoms with Gasteiger partial charge in [-0.15, -0.1) is 0 Å². The lowest BCUT2D eigenvalue weighted by Gasteiger charge is -2.25. The second-order valence-corrected chi connectivity index (χ2v) is 8.34. The number of hydrogen-bond donors (Lipinski definition) is 0. The molecule has 6 heteroatoms. The van der Waals surface area contributed by atoms with E-state index in [0.717, 1.165) is 53.5 Å². The SMILES string of the molecule is Cc1ccc2c(C(=O)N3CCCC3Cc3cccnc3)cc(-c3cnn(C)c3)nc2c1. The summed E-state index contributed by atoms with van der Waals surface area (Å²) in [6.07, 6.45) is 10.3. The highest BCUT2D eigenvalue weighted by Crippen LogP contribution is 2.29. The molecule has 0 radical (unpaired) electrons. The molecule has 156 valence electrons. The molecule has 0 bridgehead atoms. The van der Waals surface area contributed by atoms with Crippen LogP contribution in [0.3, 0.4) is 0 Å². The van der Waals surface area contributed by atoms with Gasteiger partial charge in [0, 0.05) is 49.2 Å². The molecule has 0 aliphatic carbocycles. The Morgan fingerprint density at radius 3 is 2.87 bits per heavy atom. The fourth-order valence-electron chi connectivity index (χ4n) is 4.48. The molecule has 1 fully saturated rings. The summed E-state index contributed by atoms with van der Waals surface area (Å²) in [5, 5.41) is 5.18. The Balaban J connectivity index is 1.55. The van der Waals surface area contributed by atoms with E-state index in [1.807, 2.05) is 61.6 Å². The average Bonchev–Trinajstić information content (AvgIpc) is 3.42. The first kappa shape index (κ1) is 19.4. The van der Waals surface area contributed by atoms with E-state index < -0.39 is 0 Å². The van der Waals surface area contributed by atoms with Gasteiger partial charge in [0.2, 0.25) is 0 Å². The Labute approximate surface area is 181 Å². The first-order valence-electron chi connectivity index (χ1n) is 10.7. The second-order valence-electron chi connectivity index (χ2n) is 8.34. The van der Waals surface area contributed by atoms with E-state index in [0.29, 0.717) is 5.56 Å². The van der Waals surface area contributed by atoms with E-state index in [1.165, 1.54) is 5.56 Å². The number of aryl methyl sites for hydroxylation is 2. The minimum absolute atomic E-state index is 0.0767. The van der Waals surface area contributed by atoms with Crippen molar-refractivity contribution in [2.45, 2.75) is 32.2 Å². The van der Waals surface area contributed by atoms with Crippen LogP contribution in [0.15, 0.2) is 61.2 Å². The van der Waals surface area contributed by atoms with Crippen LogP contribution in [0.1, 0.15) is 34.3 Å². The maximum absolute atomic E-state index is 13.8. The van der Waals surface area contributed by atoms with Gasteiger partial charge in [-0.2, -0.15) is 5.10 Å². The van der Waals surface area contributed by atoms with Gasteiger partial charge >= 0.3 is 0 Å². The normalized spacial score (nSPS) is 16.2. The molecule has 1 aliphatic rings. The fraction of sp³-hybridized carbons (Fsp3) is 0.280. The molecule has 4 heterocycles. The lowest BCUT2D eigenvalue weighted by molar-refractivity contribution is 0.0738. The predicted octanol–water partition coefficient (Wildman–Crippen LogP) is 4.19. The summed E-state index contributed by atoms with van der Waals surface area (Å²) in [4.78, 5) is 24.9. The second kappa shape index (κ2) is 7.95. The summed E-state index contributed by atoms with van der Waals surface area (Å²) in [5.74, 6) is 0.0767. The Bertz CT molecular complexity index is 1250. The molecule has 1 aliphatic heterocycles. The highest BCUT2D eigenvalue weighted by Gasteiger charge is 2.31. The van der Waals surface area contributed by atoms with Crippen molar-refractivity contribution in [1.82, 2.24) is 24.6 Å². The molecule has 0 spiro atoms. The van der Waals surface area contributed by atoms with Crippen molar-refractivity contribution >= 4 is 16.8 Å². The summed E-state index contributed by atoms with van der Waals surface area (Å²) in [5.41, 5.74) is 5.52. The molecule has 0 N–H and O–H groups in total. The molecule has 6 nitrogen and oxygen atoms in total. The molecule has 0 saturated carbocycles. The van der Waals surface area contributed by atoms with Crippen LogP contribution in [0.5, 0.6) is 0 Å². The summed E-state index contributed by atoms with van der Waals surface area (Å²) in [6, 6.07) is 12.3. The van der Waals surface area contributed by atoms with Crippen molar-refractivity contribution in [2.75, 3.05) is 6.54 Å². The fourth-order valence-corrected chi connectivity index (χ4v) is 4.48. The van der Waals surface area contributed by atoms with E-state index in [2.05, 4.69) is 16.1 Å². The van der Waals surface area contributed by atoms with Crippen molar-refractivity contribution in [1.29, 1.82) is 0 Å². The quantitative estimate of drug-likeness (QED) is 0.505. The zero-order valence-electron chi connectivity index (χ0n) is 17.8. The number of rotatable bonds is 4. The molecule has 5 rings (SSSR count). The first-order valence-corrected chi connectivity index (χ1v) is 10.7. The maximum atomic E-state index is 13.8. The highest BCUT2D eigenvalue weighted by molar-refractivity contribution is 6.07. The minimum atomic E-state index is 0.0767. The molecule has 1 aromatic carbocycles. The summed E-state index contributed by atoms with van der Waals surface area (Å²) >= 11 is 0. The van der Waals surface area contributed by atoms with E-state index in [9.17, 15) is 4.79 Å². The van der Waals surface area contributed by atoms with E-state index in [-0.39, 0.29) is 11.9 Å². The molecular formula is C25H25N5O. The van der Waals surface area contributed by atoms with Crippen LogP contribution in [0.4, 0.5) is 0 Å². The lowest BCUT2D eigenvalue weighted by atomic mass is 10.0. The van der Waals surface area contributed by atoms with Crippen LogP contribution in [0.25, 0.3) is 22.2 Å². The molecule has 3 aromatic heterocycles. The van der Waals surface area contributed by atoms with Crippen molar-refractivity contribution in [3.63, 3.8) is 0 Å². The Hall–Kier alpha value is -3.54. The number of amides is 1. The first-order chi connectivity index (χ1) is 15.1. The largest absolute Gasteiger partial charge is 0.335 e. The zero-order valence-corrected chi connectivity index (χ0v) is 17.8. The highest BCUT2D eigenvalue weighted by atomic mass is 16.2. The molecular weight excluding hydrogens is 386 g/mol. The Morgan fingerprint density at radius 2 is 2.10 bits per heavy atom. The molecule has 1 atom stereocenters. The van der Waals surface area contributed by atoms with Gasteiger partial charge < -0.3 is 4.90 Å². The van der Waals surface area contributed by atoms with Crippen LogP contribution in [-0.4, -0.2) is 43.1 Å². The number of carbonyl (C=O) groups excluding carboxylic acids is 1. The zero-order chi connectivity index (χ0) is 21.4. The monoisotopic (exact) mass is 411 g/mol. The third-order valence-corrected chi connectivity index (χ3v) is 6.03. The summed E-state index contributed by atoms with van der Waals surface area (Å²) in [7, 11) is 1.88. The van der Waals surface area contributed by atoms with Crippen LogP contribution in [-0.2, 0) is 13.5 Å². The Morgan fingerprint density at radius 1 is 1.19 bits per heavy atom. The lowest BCUT2D eigenvalue weighted by Crippen LogP contribution is -2.37. The van der Waals surface area contributed by atoms with Gasteiger partial charge in [-0.1, -0.05) is 18.2 Å². The number of nitrogens with zero attached hydrogens (tertiary/aromatic N) is 5. The number of hydrogen-bond acceptors (Lipinski definition) is 4. The van der Waals surface area contributed by atoms with Crippen LogP contribution >= 0.6 is 0 Å². The van der Waals surface area contributed by atoms with Gasteiger partial charge in [0.25, 0.3) is 5.91 Å². The maximum Gasteiger partial charge on any atom is 0.254 e. The molecule has 31 heavy (non-hydrogen) atoms. The topological polar surface area (TPSA) is 63.9 Å². The minimum Gasteiger partial charge on any atom is -0.335 e. The van der Waals surface area contributed by atoms with Crippen LogP contribution in [0.2, 0.25) is 0 Å². The van der Waals surface area contributed by atoms with Crippen molar-refractivity contribution in [3.8, 4) is 11.3 Å². The van der Waals surface area contributed by atoms with E-state index >= 15 is 0 Å². The average molecular weight is 412 g/mol. The third kappa shape index (κ3) is 3.81. The van der Waals surface area contributed by atoms with Crippen molar-refractivity contribution < 1.29 is 4.79 Å². The standard InChI is InChI=1S/C25H25N5O/c1-17-7-8-21-22(13-23(28-24(21)11-17)19-15-27-29(2)16-19)25(31)30-10-4-6-20(30)12-18-5-3-9-26-14-18/h3,5,7-9,11,13-16,20H,4,6,10,12H2,1-2H3. The van der Waals surface area contributed by atoms with E-state index in [4.69, 9.17) is 4.98 Å². The summed E-state index contributed by atoms with van der Waals surface area (Å²) in [6.45, 7) is 2.82. The number of pyridine rings is 2. The molecule has 1 unspecified atom stereocenters. The van der Waals surface area contributed by atoms with Gasteiger partial charge in [-0.3, -0.25) is 14.5 Å². The molecule has 1 amide bonds.